The van der Waals surface area contributed by atoms with E-state index < -0.39 is 17.6 Å². The molecule has 2 nitrogen and oxygen atoms in total. The molecular weight excluding hydrogens is 335 g/mol. The lowest BCUT2D eigenvalue weighted by atomic mass is 10.1. The highest BCUT2D eigenvalue weighted by Crippen LogP contribution is 2.34. The molecular formula is C14H17BrF3NO. The maximum atomic E-state index is 13.0. The molecule has 0 heterocycles. The summed E-state index contributed by atoms with van der Waals surface area (Å²) in [5.41, 5.74) is -1.19. The van der Waals surface area contributed by atoms with Crippen molar-refractivity contribution in [2.24, 2.45) is 0 Å². The Morgan fingerprint density at radius 1 is 1.30 bits per heavy atom. The first-order valence-corrected chi connectivity index (χ1v) is 7.26. The molecule has 6 heteroatoms. The van der Waals surface area contributed by atoms with Crippen LogP contribution < -0.4 is 0 Å². The zero-order valence-electron chi connectivity index (χ0n) is 11.4. The third-order valence-electron chi connectivity index (χ3n) is 2.97. The molecule has 0 atom stereocenters. The van der Waals surface area contributed by atoms with E-state index in [0.717, 1.165) is 18.9 Å². The average molecular weight is 352 g/mol. The summed E-state index contributed by atoms with van der Waals surface area (Å²) in [7, 11) is 0. The molecule has 0 N–H and O–H groups in total. The number of unbranched alkanes of at least 4 members (excludes halogenated alkanes) is 1. The van der Waals surface area contributed by atoms with E-state index in [1.807, 2.05) is 6.92 Å². The second kappa shape index (κ2) is 7.11. The SMILES string of the molecule is CCCCN(CC)C(=O)c1ccc(Br)cc1C(F)(F)F. The van der Waals surface area contributed by atoms with Crippen molar-refractivity contribution in [1.82, 2.24) is 4.90 Å². The summed E-state index contributed by atoms with van der Waals surface area (Å²) in [4.78, 5) is 13.7. The van der Waals surface area contributed by atoms with Gasteiger partial charge >= 0.3 is 6.18 Å². The quantitative estimate of drug-likeness (QED) is 0.750. The second-order valence-electron chi connectivity index (χ2n) is 4.43. The minimum absolute atomic E-state index is 0.293. The highest BCUT2D eigenvalue weighted by Gasteiger charge is 2.36. The molecule has 0 aliphatic carbocycles. The van der Waals surface area contributed by atoms with E-state index in [9.17, 15) is 18.0 Å². The van der Waals surface area contributed by atoms with E-state index in [-0.39, 0.29) is 5.56 Å². The van der Waals surface area contributed by atoms with Crippen LogP contribution in [0.2, 0.25) is 0 Å². The fourth-order valence-electron chi connectivity index (χ4n) is 1.86. The van der Waals surface area contributed by atoms with Crippen molar-refractivity contribution in [2.45, 2.75) is 32.9 Å². The van der Waals surface area contributed by atoms with Crippen LogP contribution in [0.1, 0.15) is 42.6 Å². The van der Waals surface area contributed by atoms with Crippen LogP contribution in [0.4, 0.5) is 13.2 Å². The molecule has 0 saturated heterocycles. The Morgan fingerprint density at radius 3 is 2.45 bits per heavy atom. The molecule has 1 amide bonds. The van der Waals surface area contributed by atoms with Gasteiger partial charge in [0.15, 0.2) is 0 Å². The van der Waals surface area contributed by atoms with Gasteiger partial charge in [0.05, 0.1) is 11.1 Å². The van der Waals surface area contributed by atoms with Gasteiger partial charge in [0.1, 0.15) is 0 Å². The van der Waals surface area contributed by atoms with Gasteiger partial charge in [-0.3, -0.25) is 4.79 Å². The molecule has 0 fully saturated rings. The van der Waals surface area contributed by atoms with Gasteiger partial charge in [-0.25, -0.2) is 0 Å². The number of hydrogen-bond donors (Lipinski definition) is 0. The molecule has 0 unspecified atom stereocenters. The van der Waals surface area contributed by atoms with Gasteiger partial charge in [-0.15, -0.1) is 0 Å². The summed E-state index contributed by atoms with van der Waals surface area (Å²) in [5, 5.41) is 0. The summed E-state index contributed by atoms with van der Waals surface area (Å²) < 4.78 is 39.4. The van der Waals surface area contributed by atoms with Gasteiger partial charge in [-0.2, -0.15) is 13.2 Å². The Balaban J connectivity index is 3.14. The van der Waals surface area contributed by atoms with Gasteiger partial charge in [0.2, 0.25) is 0 Å². The maximum absolute atomic E-state index is 13.0. The highest BCUT2D eigenvalue weighted by atomic mass is 79.9. The van der Waals surface area contributed by atoms with Crippen molar-refractivity contribution in [2.75, 3.05) is 13.1 Å². The standard InChI is InChI=1S/C14H17BrF3NO/c1-3-5-8-19(4-2)13(20)11-7-6-10(15)9-12(11)14(16,17)18/h6-7,9H,3-5,8H2,1-2H3. The fourth-order valence-corrected chi connectivity index (χ4v) is 2.22. The number of hydrogen-bond acceptors (Lipinski definition) is 1. The van der Waals surface area contributed by atoms with Crippen molar-refractivity contribution in [3.63, 3.8) is 0 Å². The van der Waals surface area contributed by atoms with Crippen molar-refractivity contribution >= 4 is 21.8 Å². The molecule has 1 aromatic rings. The summed E-state index contributed by atoms with van der Waals surface area (Å²) in [6.45, 7) is 4.60. The van der Waals surface area contributed by atoms with Crippen LogP contribution in [-0.2, 0) is 6.18 Å². The molecule has 1 aromatic carbocycles. The number of nitrogens with zero attached hydrogens (tertiary/aromatic N) is 1. The monoisotopic (exact) mass is 351 g/mol. The lowest BCUT2D eigenvalue weighted by Crippen LogP contribution is -2.33. The van der Waals surface area contributed by atoms with E-state index in [4.69, 9.17) is 0 Å². The summed E-state index contributed by atoms with van der Waals surface area (Å²) in [6, 6.07) is 3.63. The zero-order chi connectivity index (χ0) is 15.3. The summed E-state index contributed by atoms with van der Waals surface area (Å²) in [6.07, 6.45) is -2.88. The smallest absolute Gasteiger partial charge is 0.339 e. The normalized spacial score (nSPS) is 11.5. The molecule has 0 spiro atoms. The zero-order valence-corrected chi connectivity index (χ0v) is 13.0. The van der Waals surface area contributed by atoms with Gasteiger partial charge in [0.25, 0.3) is 5.91 Å². The minimum atomic E-state index is -4.54. The van der Waals surface area contributed by atoms with Crippen molar-refractivity contribution in [3.05, 3.63) is 33.8 Å². The molecule has 0 aliphatic rings. The van der Waals surface area contributed by atoms with Crippen molar-refractivity contribution in [1.29, 1.82) is 0 Å². The lowest BCUT2D eigenvalue weighted by molar-refractivity contribution is -0.138. The van der Waals surface area contributed by atoms with Crippen LogP contribution in [-0.4, -0.2) is 23.9 Å². The average Bonchev–Trinajstić information content (AvgIpc) is 2.38. The topological polar surface area (TPSA) is 20.3 Å². The number of carbonyl (C=O) groups excluding carboxylic acids is 1. The predicted octanol–water partition coefficient (Wildman–Crippen LogP) is 4.73. The largest absolute Gasteiger partial charge is 0.417 e. The van der Waals surface area contributed by atoms with Gasteiger partial charge in [0, 0.05) is 17.6 Å². The number of alkyl halides is 3. The Bertz CT molecular complexity index is 474. The lowest BCUT2D eigenvalue weighted by Gasteiger charge is -2.22. The van der Waals surface area contributed by atoms with E-state index in [2.05, 4.69) is 15.9 Å². The number of halogens is 4. The van der Waals surface area contributed by atoms with Gasteiger partial charge < -0.3 is 4.90 Å². The number of benzene rings is 1. The van der Waals surface area contributed by atoms with E-state index in [1.54, 1.807) is 6.92 Å². The summed E-state index contributed by atoms with van der Waals surface area (Å²) in [5.74, 6) is -0.569. The van der Waals surface area contributed by atoms with Crippen LogP contribution >= 0.6 is 15.9 Å². The fraction of sp³-hybridized carbons (Fsp3) is 0.500. The summed E-state index contributed by atoms with van der Waals surface area (Å²) >= 11 is 3.01. The molecule has 112 valence electrons. The molecule has 1 rings (SSSR count). The van der Waals surface area contributed by atoms with E-state index in [1.165, 1.54) is 17.0 Å². The molecule has 0 bridgehead atoms. The molecule has 20 heavy (non-hydrogen) atoms. The molecule has 0 aromatic heterocycles. The van der Waals surface area contributed by atoms with E-state index >= 15 is 0 Å². The number of rotatable bonds is 5. The van der Waals surface area contributed by atoms with Crippen LogP contribution in [0.5, 0.6) is 0 Å². The van der Waals surface area contributed by atoms with Gasteiger partial charge in [-0.1, -0.05) is 29.3 Å². The second-order valence-corrected chi connectivity index (χ2v) is 5.34. The first-order chi connectivity index (χ1) is 9.31. The van der Waals surface area contributed by atoms with Crippen LogP contribution in [0.15, 0.2) is 22.7 Å². The third-order valence-corrected chi connectivity index (χ3v) is 3.46. The molecule has 0 radical (unpaired) electrons. The first-order valence-electron chi connectivity index (χ1n) is 6.47. The van der Waals surface area contributed by atoms with Crippen LogP contribution in [0.25, 0.3) is 0 Å². The van der Waals surface area contributed by atoms with Gasteiger partial charge in [-0.05, 0) is 31.5 Å². The molecule has 0 saturated carbocycles. The van der Waals surface area contributed by atoms with Crippen LogP contribution in [0.3, 0.4) is 0 Å². The Labute approximate surface area is 125 Å². The van der Waals surface area contributed by atoms with Crippen LogP contribution in [0, 0.1) is 0 Å². The Kier molecular flexibility index (Phi) is 6.05. The first kappa shape index (κ1) is 17.0. The third kappa shape index (κ3) is 4.23. The Morgan fingerprint density at radius 2 is 1.95 bits per heavy atom. The van der Waals surface area contributed by atoms with Crippen molar-refractivity contribution < 1.29 is 18.0 Å². The predicted molar refractivity (Wildman–Crippen MR) is 75.6 cm³/mol. The molecule has 0 aliphatic heterocycles. The number of carbonyl (C=O) groups is 1. The Hall–Kier alpha value is -1.04. The highest BCUT2D eigenvalue weighted by molar-refractivity contribution is 9.10. The van der Waals surface area contributed by atoms with E-state index in [0.29, 0.717) is 17.6 Å². The number of amides is 1. The van der Waals surface area contributed by atoms with Crippen molar-refractivity contribution in [3.8, 4) is 0 Å². The maximum Gasteiger partial charge on any atom is 0.417 e. The minimum Gasteiger partial charge on any atom is -0.339 e.